The number of nitrogens with zero attached hydrogens (tertiary/aromatic N) is 6. The summed E-state index contributed by atoms with van der Waals surface area (Å²) in [7, 11) is 1.00. The lowest BCUT2D eigenvalue weighted by atomic mass is 9.91. The van der Waals surface area contributed by atoms with Crippen LogP contribution >= 0.6 is 0 Å². The van der Waals surface area contributed by atoms with Gasteiger partial charge in [0.15, 0.2) is 0 Å². The molecule has 0 saturated carbocycles. The number of hydrogen-bond donors (Lipinski definition) is 2. The average Bonchev–Trinajstić information content (AvgIpc) is 3.58. The first kappa shape index (κ1) is 27.3. The Morgan fingerprint density at radius 2 is 1.50 bits per heavy atom. The van der Waals surface area contributed by atoms with E-state index in [0.717, 1.165) is 75.2 Å². The summed E-state index contributed by atoms with van der Waals surface area (Å²) in [5.41, 5.74) is 7.02. The van der Waals surface area contributed by atoms with Crippen LogP contribution < -0.4 is 15.5 Å². The number of alkyl halides is 2. The van der Waals surface area contributed by atoms with E-state index in [1.54, 1.807) is 0 Å². The van der Waals surface area contributed by atoms with Crippen LogP contribution in [0.3, 0.4) is 0 Å². The summed E-state index contributed by atoms with van der Waals surface area (Å²) in [4.78, 5) is 16.7. The second kappa shape index (κ2) is 13.1. The van der Waals surface area contributed by atoms with E-state index in [1.165, 1.54) is 0 Å². The summed E-state index contributed by atoms with van der Waals surface area (Å²) < 4.78 is 53.9. The van der Waals surface area contributed by atoms with Gasteiger partial charge in [0.1, 0.15) is 11.6 Å². The molecule has 2 aromatic heterocycles. The molecule has 5 rings (SSSR count). The van der Waals surface area contributed by atoms with E-state index < -0.39 is 23.9 Å². The second-order valence-corrected chi connectivity index (χ2v) is 8.24. The maximum Gasteiger partial charge on any atom is 0.324 e. The highest BCUT2D eigenvalue weighted by Crippen LogP contribution is 2.30. The molecule has 1 unspecified atom stereocenters. The van der Waals surface area contributed by atoms with Crippen LogP contribution in [0.2, 0.25) is 0 Å². The van der Waals surface area contributed by atoms with Crippen LogP contribution in [0.25, 0.3) is 0 Å². The summed E-state index contributed by atoms with van der Waals surface area (Å²) in [6.45, 7) is 3.02. The zero-order valence-corrected chi connectivity index (χ0v) is 19.8. The highest BCUT2D eigenvalue weighted by atomic mass is 19.3. The van der Waals surface area contributed by atoms with Gasteiger partial charge in [-0.2, -0.15) is 4.98 Å². The van der Waals surface area contributed by atoms with Gasteiger partial charge < -0.3 is 25.2 Å². The van der Waals surface area contributed by atoms with Gasteiger partial charge >= 0.3 is 12.4 Å². The van der Waals surface area contributed by atoms with Gasteiger partial charge in [-0.15, -0.1) is 0 Å². The van der Waals surface area contributed by atoms with Crippen LogP contribution in [-0.2, 0) is 0 Å². The minimum absolute atomic E-state index is 0.163. The van der Waals surface area contributed by atoms with Crippen molar-refractivity contribution in [2.75, 3.05) is 43.1 Å². The molecular formula is C23H29F4N7O2. The summed E-state index contributed by atoms with van der Waals surface area (Å²) in [6.07, 6.45) is 3.72. The van der Waals surface area contributed by atoms with E-state index in [1.807, 2.05) is 17.3 Å². The quantitative estimate of drug-likeness (QED) is 0.509. The molecule has 3 aromatic rings. The monoisotopic (exact) mass is 511 g/mol. The SMILES string of the molecule is CO.Fc1ccc(F)cc1.NC1CCN(c2ncc(C3CCN(c4nc(C(F)F)no4)CC3)cn2)C1. The molecule has 3 N–H and O–H groups in total. The Balaban J connectivity index is 0.000000305. The lowest BCUT2D eigenvalue weighted by Gasteiger charge is -2.30. The Kier molecular flexibility index (Phi) is 9.94. The zero-order valence-electron chi connectivity index (χ0n) is 19.8. The number of aliphatic hydroxyl groups is 1. The number of benzene rings is 1. The van der Waals surface area contributed by atoms with Crippen molar-refractivity contribution in [2.24, 2.45) is 5.73 Å². The minimum Gasteiger partial charge on any atom is -0.400 e. The lowest BCUT2D eigenvalue weighted by molar-refractivity contribution is 0.136. The Bertz CT molecular complexity index is 1020. The summed E-state index contributed by atoms with van der Waals surface area (Å²) in [5.74, 6) is -0.325. The number of aromatic nitrogens is 4. The van der Waals surface area contributed by atoms with Crippen molar-refractivity contribution in [1.82, 2.24) is 20.1 Å². The van der Waals surface area contributed by atoms with Gasteiger partial charge in [-0.25, -0.2) is 27.5 Å². The van der Waals surface area contributed by atoms with Crippen LogP contribution in [-0.4, -0.2) is 64.5 Å². The molecule has 9 nitrogen and oxygen atoms in total. The number of aliphatic hydroxyl groups excluding tert-OH is 1. The number of rotatable bonds is 4. The molecule has 0 aliphatic carbocycles. The topological polar surface area (TPSA) is 117 Å². The third kappa shape index (κ3) is 7.34. The maximum atomic E-state index is 12.6. The van der Waals surface area contributed by atoms with Crippen molar-refractivity contribution in [3.8, 4) is 0 Å². The number of nitrogens with two attached hydrogens (primary N) is 1. The normalized spacial score (nSPS) is 17.9. The number of halogens is 4. The summed E-state index contributed by atoms with van der Waals surface area (Å²) >= 11 is 0. The largest absolute Gasteiger partial charge is 0.400 e. The van der Waals surface area contributed by atoms with Crippen LogP contribution in [0.1, 0.15) is 43.0 Å². The van der Waals surface area contributed by atoms with Gasteiger partial charge in [-0.05, 0) is 55.0 Å². The minimum atomic E-state index is -2.72. The Morgan fingerprint density at radius 1 is 0.944 bits per heavy atom. The highest BCUT2D eigenvalue weighted by Gasteiger charge is 2.27. The summed E-state index contributed by atoms with van der Waals surface area (Å²) in [6, 6.07) is 4.67. The van der Waals surface area contributed by atoms with E-state index in [-0.39, 0.29) is 12.1 Å². The van der Waals surface area contributed by atoms with Crippen LogP contribution in [0.4, 0.5) is 29.5 Å². The van der Waals surface area contributed by atoms with E-state index >= 15 is 0 Å². The first-order chi connectivity index (χ1) is 17.4. The molecule has 0 bridgehead atoms. The Hall–Kier alpha value is -3.32. The van der Waals surface area contributed by atoms with E-state index in [2.05, 4.69) is 25.0 Å². The molecule has 2 fully saturated rings. The van der Waals surface area contributed by atoms with Crippen molar-refractivity contribution in [2.45, 2.75) is 37.6 Å². The predicted octanol–water partition coefficient (Wildman–Crippen LogP) is 3.29. The molecule has 0 amide bonds. The maximum absolute atomic E-state index is 12.6. The average molecular weight is 512 g/mol. The first-order valence-electron chi connectivity index (χ1n) is 11.4. The van der Waals surface area contributed by atoms with Gasteiger partial charge in [0, 0.05) is 51.7 Å². The molecule has 1 aromatic carbocycles. The first-order valence-corrected chi connectivity index (χ1v) is 11.4. The van der Waals surface area contributed by atoms with Crippen molar-refractivity contribution < 1.29 is 27.2 Å². The standard InChI is InChI=1S/C16H21F2N7O.C6H4F2.CH4O/c17-13(18)14-22-16(26-23-14)24-4-1-10(2-5-24)11-7-20-15(21-8-11)25-6-3-12(19)9-25;7-5-1-2-6(8)4-3-5;1-2/h7-8,10,12-13H,1-6,9,19H2;1-4H;2H,1H3. The van der Waals surface area contributed by atoms with Crippen LogP contribution in [0.15, 0.2) is 41.2 Å². The van der Waals surface area contributed by atoms with Crippen molar-refractivity contribution in [3.05, 3.63) is 59.7 Å². The molecule has 13 heteroatoms. The molecule has 0 spiro atoms. The Morgan fingerprint density at radius 3 is 1.97 bits per heavy atom. The van der Waals surface area contributed by atoms with Gasteiger partial charge in [-0.3, -0.25) is 0 Å². The molecule has 2 saturated heterocycles. The van der Waals surface area contributed by atoms with Gasteiger partial charge in [0.05, 0.1) is 0 Å². The van der Waals surface area contributed by atoms with Crippen LogP contribution in [0, 0.1) is 11.6 Å². The molecule has 1 atom stereocenters. The molecular weight excluding hydrogens is 482 g/mol. The van der Waals surface area contributed by atoms with Gasteiger partial charge in [-0.1, -0.05) is 5.16 Å². The smallest absolute Gasteiger partial charge is 0.324 e. The fourth-order valence-corrected chi connectivity index (χ4v) is 3.95. The highest BCUT2D eigenvalue weighted by molar-refractivity contribution is 5.34. The van der Waals surface area contributed by atoms with Gasteiger partial charge in [0.2, 0.25) is 11.8 Å². The fraction of sp³-hybridized carbons (Fsp3) is 0.478. The fourth-order valence-electron chi connectivity index (χ4n) is 3.95. The van der Waals surface area contributed by atoms with Crippen LogP contribution in [0.5, 0.6) is 0 Å². The number of anilines is 2. The molecule has 4 heterocycles. The molecule has 36 heavy (non-hydrogen) atoms. The summed E-state index contributed by atoms with van der Waals surface area (Å²) in [5, 5.41) is 10.3. The van der Waals surface area contributed by atoms with Crippen molar-refractivity contribution >= 4 is 12.0 Å². The van der Waals surface area contributed by atoms with Gasteiger partial charge in [0.25, 0.3) is 0 Å². The third-order valence-electron chi connectivity index (χ3n) is 5.83. The Labute approximate surface area is 206 Å². The molecule has 2 aliphatic heterocycles. The molecule has 2 aliphatic rings. The van der Waals surface area contributed by atoms with E-state index in [0.29, 0.717) is 19.0 Å². The zero-order chi connectivity index (χ0) is 26.1. The predicted molar refractivity (Wildman–Crippen MR) is 125 cm³/mol. The second-order valence-electron chi connectivity index (χ2n) is 8.24. The van der Waals surface area contributed by atoms with E-state index in [4.69, 9.17) is 15.4 Å². The number of piperidine rings is 1. The lowest BCUT2D eigenvalue weighted by Crippen LogP contribution is -2.33. The number of hydrogen-bond acceptors (Lipinski definition) is 9. The molecule has 196 valence electrons. The molecule has 0 radical (unpaired) electrons. The van der Waals surface area contributed by atoms with Crippen molar-refractivity contribution in [3.63, 3.8) is 0 Å². The van der Waals surface area contributed by atoms with Crippen molar-refractivity contribution in [1.29, 1.82) is 0 Å². The third-order valence-corrected chi connectivity index (χ3v) is 5.83. The van der Waals surface area contributed by atoms with E-state index in [9.17, 15) is 17.6 Å².